The first-order valence-electron chi connectivity index (χ1n) is 10.4. The number of halogens is 1. The predicted octanol–water partition coefficient (Wildman–Crippen LogP) is 4.14. The van der Waals surface area contributed by atoms with Crippen molar-refractivity contribution in [3.05, 3.63) is 53.2 Å². The maximum absolute atomic E-state index is 5.67. The highest BCUT2D eigenvalue weighted by Crippen LogP contribution is 2.25. The zero-order valence-corrected chi connectivity index (χ0v) is 20.3. The molecule has 1 atom stereocenters. The molecule has 2 heterocycles. The molecule has 1 aromatic heterocycles. The summed E-state index contributed by atoms with van der Waals surface area (Å²) in [6, 6.07) is 11.3. The van der Waals surface area contributed by atoms with E-state index in [0.29, 0.717) is 18.5 Å². The zero-order chi connectivity index (χ0) is 19.9. The summed E-state index contributed by atoms with van der Waals surface area (Å²) in [5.41, 5.74) is 2.35. The summed E-state index contributed by atoms with van der Waals surface area (Å²) >= 11 is 0. The maximum Gasteiger partial charge on any atom is 0.216 e. The van der Waals surface area contributed by atoms with Gasteiger partial charge < -0.3 is 14.6 Å². The van der Waals surface area contributed by atoms with Gasteiger partial charge >= 0.3 is 0 Å². The highest BCUT2D eigenvalue weighted by molar-refractivity contribution is 14.0. The summed E-state index contributed by atoms with van der Waals surface area (Å²) in [6.45, 7) is 13.6. The summed E-state index contributed by atoms with van der Waals surface area (Å²) < 4.78 is 5.67. The maximum atomic E-state index is 5.67. The van der Waals surface area contributed by atoms with Gasteiger partial charge in [-0.15, -0.1) is 24.0 Å². The Bertz CT molecular complexity index is 749. The Morgan fingerprint density at radius 2 is 1.83 bits per heavy atom. The standard InChI is InChI=1S/C22H33N5O.HI/c1-5-20(19-10-8-7-9-11-19)26-12-14-27(15-13-26)22(23-6-2)24-16-21-25-17(3)18(4)28-21;/h7-11,20H,5-6,12-16H2,1-4H3,(H,23,24);1H. The summed E-state index contributed by atoms with van der Waals surface area (Å²) in [4.78, 5) is 14.1. The number of hydrogen-bond donors (Lipinski definition) is 1. The molecule has 1 aliphatic heterocycles. The van der Waals surface area contributed by atoms with E-state index in [1.807, 2.05) is 13.8 Å². The Balaban J connectivity index is 0.00000300. The number of aryl methyl sites for hydroxylation is 2. The highest BCUT2D eigenvalue weighted by Gasteiger charge is 2.25. The third kappa shape index (κ3) is 6.18. The number of aromatic nitrogens is 1. The SMILES string of the molecule is CCNC(=NCc1nc(C)c(C)o1)N1CCN(C(CC)c2ccccc2)CC1.I. The van der Waals surface area contributed by atoms with Crippen LogP contribution in [0.2, 0.25) is 0 Å². The van der Waals surface area contributed by atoms with Gasteiger partial charge in [0.05, 0.1) is 5.69 Å². The fourth-order valence-corrected chi connectivity index (χ4v) is 3.80. The van der Waals surface area contributed by atoms with Crippen LogP contribution in [0.1, 0.15) is 49.2 Å². The van der Waals surface area contributed by atoms with E-state index in [1.165, 1.54) is 5.56 Å². The molecule has 3 rings (SSSR count). The number of piperazine rings is 1. The Morgan fingerprint density at radius 3 is 2.38 bits per heavy atom. The molecule has 6 nitrogen and oxygen atoms in total. The van der Waals surface area contributed by atoms with Crippen molar-refractivity contribution in [3.8, 4) is 0 Å². The van der Waals surface area contributed by atoms with Crippen LogP contribution < -0.4 is 5.32 Å². The molecule has 2 aromatic rings. The van der Waals surface area contributed by atoms with E-state index >= 15 is 0 Å². The molecule has 0 spiro atoms. The van der Waals surface area contributed by atoms with Gasteiger partial charge in [-0.25, -0.2) is 9.98 Å². The fraction of sp³-hybridized carbons (Fsp3) is 0.545. The summed E-state index contributed by atoms with van der Waals surface area (Å²) in [5.74, 6) is 2.50. The minimum atomic E-state index is 0. The quantitative estimate of drug-likeness (QED) is 0.359. The van der Waals surface area contributed by atoms with Gasteiger partial charge in [-0.1, -0.05) is 37.3 Å². The molecule has 160 valence electrons. The van der Waals surface area contributed by atoms with Crippen LogP contribution in [0.25, 0.3) is 0 Å². The number of nitrogens with one attached hydrogen (secondary N) is 1. The van der Waals surface area contributed by atoms with Gasteiger partial charge in [0.25, 0.3) is 0 Å². The lowest BCUT2D eigenvalue weighted by Gasteiger charge is -2.40. The van der Waals surface area contributed by atoms with E-state index in [9.17, 15) is 0 Å². The molecule has 0 radical (unpaired) electrons. The minimum Gasteiger partial charge on any atom is -0.444 e. The molecule has 1 N–H and O–H groups in total. The van der Waals surface area contributed by atoms with Gasteiger partial charge in [-0.2, -0.15) is 0 Å². The first kappa shape index (κ1) is 23.7. The second-order valence-electron chi connectivity index (χ2n) is 7.28. The number of oxazole rings is 1. The van der Waals surface area contributed by atoms with Crippen molar-refractivity contribution in [2.24, 2.45) is 4.99 Å². The van der Waals surface area contributed by atoms with Gasteiger partial charge in [0.1, 0.15) is 12.3 Å². The third-order valence-corrected chi connectivity index (χ3v) is 5.40. The van der Waals surface area contributed by atoms with Crippen molar-refractivity contribution in [2.45, 2.75) is 46.7 Å². The molecule has 29 heavy (non-hydrogen) atoms. The van der Waals surface area contributed by atoms with Gasteiger partial charge in [-0.05, 0) is 32.8 Å². The Morgan fingerprint density at radius 1 is 1.14 bits per heavy atom. The Labute approximate surface area is 191 Å². The molecule has 1 unspecified atom stereocenters. The molecule has 0 bridgehead atoms. The molecule has 1 aliphatic rings. The predicted molar refractivity (Wildman–Crippen MR) is 129 cm³/mol. The van der Waals surface area contributed by atoms with Crippen molar-refractivity contribution in [2.75, 3.05) is 32.7 Å². The van der Waals surface area contributed by atoms with Crippen LogP contribution in [0.5, 0.6) is 0 Å². The fourth-order valence-electron chi connectivity index (χ4n) is 3.80. The largest absolute Gasteiger partial charge is 0.444 e. The van der Waals surface area contributed by atoms with Crippen molar-refractivity contribution < 1.29 is 4.42 Å². The van der Waals surface area contributed by atoms with Crippen LogP contribution in [0.3, 0.4) is 0 Å². The van der Waals surface area contributed by atoms with Gasteiger partial charge in [0.15, 0.2) is 5.96 Å². The Hall–Kier alpha value is -1.61. The van der Waals surface area contributed by atoms with Crippen LogP contribution in [-0.2, 0) is 6.54 Å². The van der Waals surface area contributed by atoms with Crippen LogP contribution in [0, 0.1) is 13.8 Å². The number of nitrogens with zero attached hydrogens (tertiary/aromatic N) is 4. The molecular weight excluding hydrogens is 477 g/mol. The monoisotopic (exact) mass is 511 g/mol. The minimum absolute atomic E-state index is 0. The second kappa shape index (κ2) is 11.5. The normalized spacial score (nSPS) is 16.4. The molecule has 7 heteroatoms. The zero-order valence-electron chi connectivity index (χ0n) is 18.0. The summed E-state index contributed by atoms with van der Waals surface area (Å²) in [6.07, 6.45) is 1.13. The molecule has 1 fully saturated rings. The number of guanidine groups is 1. The molecule has 0 amide bonds. The van der Waals surface area contributed by atoms with E-state index in [4.69, 9.17) is 9.41 Å². The molecule has 1 aromatic carbocycles. The van der Waals surface area contributed by atoms with E-state index in [1.54, 1.807) is 0 Å². The summed E-state index contributed by atoms with van der Waals surface area (Å²) in [7, 11) is 0. The number of aliphatic imine (C=N–C) groups is 1. The van der Waals surface area contributed by atoms with Crippen LogP contribution in [-0.4, -0.2) is 53.5 Å². The number of hydrogen-bond acceptors (Lipinski definition) is 4. The number of benzene rings is 1. The van der Waals surface area contributed by atoms with Crippen molar-refractivity contribution >= 4 is 29.9 Å². The van der Waals surface area contributed by atoms with E-state index in [0.717, 1.165) is 56.6 Å². The van der Waals surface area contributed by atoms with Gasteiger partial charge in [0, 0.05) is 38.8 Å². The topological polar surface area (TPSA) is 56.9 Å². The highest BCUT2D eigenvalue weighted by atomic mass is 127. The molecule has 0 aliphatic carbocycles. The second-order valence-corrected chi connectivity index (χ2v) is 7.28. The smallest absolute Gasteiger partial charge is 0.216 e. The average molecular weight is 511 g/mol. The lowest BCUT2D eigenvalue weighted by molar-refractivity contribution is 0.127. The molecule has 1 saturated heterocycles. The third-order valence-electron chi connectivity index (χ3n) is 5.40. The van der Waals surface area contributed by atoms with Gasteiger partial charge in [-0.3, -0.25) is 4.90 Å². The molecular formula is C22H34IN5O. The molecule has 0 saturated carbocycles. The van der Waals surface area contributed by atoms with Crippen LogP contribution >= 0.6 is 24.0 Å². The first-order valence-corrected chi connectivity index (χ1v) is 10.4. The van der Waals surface area contributed by atoms with Crippen molar-refractivity contribution in [3.63, 3.8) is 0 Å². The van der Waals surface area contributed by atoms with E-state index in [2.05, 4.69) is 64.3 Å². The summed E-state index contributed by atoms with van der Waals surface area (Å²) in [5, 5.41) is 3.42. The van der Waals surface area contributed by atoms with Crippen LogP contribution in [0.15, 0.2) is 39.7 Å². The number of rotatable bonds is 6. The average Bonchev–Trinajstić information content (AvgIpc) is 3.05. The van der Waals surface area contributed by atoms with Crippen molar-refractivity contribution in [1.29, 1.82) is 0 Å². The van der Waals surface area contributed by atoms with Crippen molar-refractivity contribution in [1.82, 2.24) is 20.1 Å². The Kier molecular flexibility index (Phi) is 9.42. The lowest BCUT2D eigenvalue weighted by Crippen LogP contribution is -2.53. The van der Waals surface area contributed by atoms with Gasteiger partial charge in [0.2, 0.25) is 5.89 Å². The van der Waals surface area contributed by atoms with Crippen LogP contribution in [0.4, 0.5) is 0 Å². The lowest BCUT2D eigenvalue weighted by atomic mass is 10.0. The van der Waals surface area contributed by atoms with E-state index < -0.39 is 0 Å². The van der Waals surface area contributed by atoms with E-state index in [-0.39, 0.29) is 24.0 Å². The first-order chi connectivity index (χ1) is 13.6.